The van der Waals surface area contributed by atoms with Crippen molar-refractivity contribution in [2.45, 2.75) is 25.4 Å². The average Bonchev–Trinajstić information content (AvgIpc) is 2.93. The summed E-state index contributed by atoms with van der Waals surface area (Å²) in [5.41, 5.74) is 6.50. The third kappa shape index (κ3) is 2.42. The zero-order valence-corrected chi connectivity index (χ0v) is 9.34. The Morgan fingerprint density at radius 1 is 1.59 bits per heavy atom. The predicted molar refractivity (Wildman–Crippen MR) is 61.7 cm³/mol. The number of carbonyl (C=O) groups excluding carboxylic acids is 1. The molecular formula is C11H13N3O3. The number of hydrogen-bond acceptors (Lipinski definition) is 4. The van der Waals surface area contributed by atoms with Crippen LogP contribution in [0.4, 0.5) is 5.69 Å². The Balaban J connectivity index is 2.13. The first-order chi connectivity index (χ1) is 7.99. The molecule has 1 fully saturated rings. The Bertz CT molecular complexity index is 487. The molecule has 2 atom stereocenters. The van der Waals surface area contributed by atoms with E-state index in [4.69, 9.17) is 5.73 Å². The van der Waals surface area contributed by atoms with Crippen LogP contribution < -0.4 is 11.1 Å². The summed E-state index contributed by atoms with van der Waals surface area (Å²) in [4.78, 5) is 21.9. The third-order valence-electron chi connectivity index (χ3n) is 2.81. The van der Waals surface area contributed by atoms with Crippen molar-refractivity contribution in [1.82, 2.24) is 5.32 Å². The van der Waals surface area contributed by atoms with Crippen molar-refractivity contribution in [2.24, 2.45) is 5.73 Å². The molecule has 3 N–H and O–H groups in total. The SMILES string of the molecule is Cc1cc(C(=O)NC2CC2N)ccc1[N+](=O)[O-]. The number of nitrogens with zero attached hydrogens (tertiary/aromatic N) is 1. The van der Waals surface area contributed by atoms with E-state index < -0.39 is 4.92 Å². The molecule has 6 nitrogen and oxygen atoms in total. The molecule has 0 heterocycles. The van der Waals surface area contributed by atoms with Gasteiger partial charge in [-0.1, -0.05) is 0 Å². The smallest absolute Gasteiger partial charge is 0.272 e. The molecule has 0 aromatic heterocycles. The lowest BCUT2D eigenvalue weighted by molar-refractivity contribution is -0.385. The van der Waals surface area contributed by atoms with Gasteiger partial charge in [0.2, 0.25) is 0 Å². The molecule has 0 aliphatic heterocycles. The fourth-order valence-corrected chi connectivity index (χ4v) is 1.63. The number of nitrogens with one attached hydrogen (secondary N) is 1. The van der Waals surface area contributed by atoms with Gasteiger partial charge in [0, 0.05) is 29.3 Å². The molecule has 1 amide bonds. The molecule has 1 aliphatic carbocycles. The standard InChI is InChI=1S/C11H13N3O3/c1-6-4-7(2-3-10(6)14(16)17)11(15)13-9-5-8(9)12/h2-4,8-9H,5,12H2,1H3,(H,13,15). The minimum absolute atomic E-state index is 0.0182. The van der Waals surface area contributed by atoms with Crippen LogP contribution in [0.2, 0.25) is 0 Å². The highest BCUT2D eigenvalue weighted by Gasteiger charge is 2.34. The summed E-state index contributed by atoms with van der Waals surface area (Å²) in [5.74, 6) is -0.235. The van der Waals surface area contributed by atoms with Crippen LogP contribution in [-0.4, -0.2) is 22.9 Å². The van der Waals surface area contributed by atoms with Gasteiger partial charge in [-0.15, -0.1) is 0 Å². The van der Waals surface area contributed by atoms with Gasteiger partial charge in [0.15, 0.2) is 0 Å². The summed E-state index contributed by atoms with van der Waals surface area (Å²) in [7, 11) is 0. The molecule has 2 rings (SSSR count). The molecule has 90 valence electrons. The Kier molecular flexibility index (Phi) is 2.81. The number of amides is 1. The first-order valence-electron chi connectivity index (χ1n) is 5.30. The summed E-state index contributed by atoms with van der Waals surface area (Å²) in [6, 6.07) is 4.39. The molecule has 2 unspecified atom stereocenters. The second-order valence-corrected chi connectivity index (χ2v) is 4.24. The number of nitro groups is 1. The van der Waals surface area contributed by atoms with E-state index in [1.165, 1.54) is 18.2 Å². The number of aryl methyl sites for hydroxylation is 1. The van der Waals surface area contributed by atoms with Crippen LogP contribution in [0.15, 0.2) is 18.2 Å². The van der Waals surface area contributed by atoms with Crippen LogP contribution in [0.3, 0.4) is 0 Å². The van der Waals surface area contributed by atoms with Crippen LogP contribution in [0, 0.1) is 17.0 Å². The number of nitro benzene ring substituents is 1. The molecule has 6 heteroatoms. The summed E-state index contributed by atoms with van der Waals surface area (Å²) >= 11 is 0. The van der Waals surface area contributed by atoms with Gasteiger partial charge in [-0.2, -0.15) is 0 Å². The number of hydrogen-bond donors (Lipinski definition) is 2. The van der Waals surface area contributed by atoms with Gasteiger partial charge in [-0.25, -0.2) is 0 Å². The Morgan fingerprint density at radius 2 is 2.24 bits per heavy atom. The zero-order chi connectivity index (χ0) is 12.6. The maximum absolute atomic E-state index is 11.7. The zero-order valence-electron chi connectivity index (χ0n) is 9.34. The van der Waals surface area contributed by atoms with Gasteiger partial charge in [0.1, 0.15) is 0 Å². The second-order valence-electron chi connectivity index (χ2n) is 4.24. The van der Waals surface area contributed by atoms with Gasteiger partial charge in [-0.05, 0) is 25.5 Å². The molecule has 0 radical (unpaired) electrons. The highest BCUT2D eigenvalue weighted by Crippen LogP contribution is 2.21. The van der Waals surface area contributed by atoms with Gasteiger partial charge in [0.25, 0.3) is 11.6 Å². The molecule has 1 saturated carbocycles. The highest BCUT2D eigenvalue weighted by atomic mass is 16.6. The Labute approximate surface area is 98.0 Å². The monoisotopic (exact) mass is 235 g/mol. The van der Waals surface area contributed by atoms with E-state index in [-0.39, 0.29) is 23.7 Å². The highest BCUT2D eigenvalue weighted by molar-refractivity contribution is 5.95. The van der Waals surface area contributed by atoms with Crippen LogP contribution in [-0.2, 0) is 0 Å². The Morgan fingerprint density at radius 3 is 2.71 bits per heavy atom. The van der Waals surface area contributed by atoms with Crippen LogP contribution in [0.1, 0.15) is 22.3 Å². The topological polar surface area (TPSA) is 98.3 Å². The summed E-state index contributed by atoms with van der Waals surface area (Å²) < 4.78 is 0. The van der Waals surface area contributed by atoms with Crippen molar-refractivity contribution in [3.63, 3.8) is 0 Å². The maximum Gasteiger partial charge on any atom is 0.272 e. The normalized spacial score (nSPS) is 22.0. The van der Waals surface area contributed by atoms with E-state index in [0.717, 1.165) is 6.42 Å². The van der Waals surface area contributed by atoms with Crippen molar-refractivity contribution in [3.05, 3.63) is 39.4 Å². The van der Waals surface area contributed by atoms with Gasteiger partial charge in [-0.3, -0.25) is 14.9 Å². The van der Waals surface area contributed by atoms with Crippen molar-refractivity contribution < 1.29 is 9.72 Å². The largest absolute Gasteiger partial charge is 0.348 e. The first-order valence-corrected chi connectivity index (χ1v) is 5.30. The van der Waals surface area contributed by atoms with Crippen molar-refractivity contribution in [3.8, 4) is 0 Å². The molecule has 1 aromatic carbocycles. The van der Waals surface area contributed by atoms with Crippen LogP contribution in [0.25, 0.3) is 0 Å². The molecule has 0 saturated heterocycles. The maximum atomic E-state index is 11.7. The summed E-state index contributed by atoms with van der Waals surface area (Å²) in [5, 5.41) is 13.4. The fraction of sp³-hybridized carbons (Fsp3) is 0.364. The third-order valence-corrected chi connectivity index (χ3v) is 2.81. The summed E-state index contributed by atoms with van der Waals surface area (Å²) in [6.45, 7) is 1.61. The Hall–Kier alpha value is -1.95. The van der Waals surface area contributed by atoms with E-state index in [1.54, 1.807) is 6.92 Å². The molecule has 1 aromatic rings. The number of benzene rings is 1. The predicted octanol–water partition coefficient (Wildman–Crippen LogP) is 0.733. The first kappa shape index (κ1) is 11.5. The van der Waals surface area contributed by atoms with E-state index in [2.05, 4.69) is 5.32 Å². The number of nitrogens with two attached hydrogens (primary N) is 1. The lowest BCUT2D eigenvalue weighted by Crippen LogP contribution is -2.29. The molecular weight excluding hydrogens is 222 g/mol. The minimum atomic E-state index is -0.464. The van der Waals surface area contributed by atoms with Crippen molar-refractivity contribution in [2.75, 3.05) is 0 Å². The second kappa shape index (κ2) is 4.14. The fourth-order valence-electron chi connectivity index (χ4n) is 1.63. The summed E-state index contributed by atoms with van der Waals surface area (Å²) in [6.07, 6.45) is 0.789. The van der Waals surface area contributed by atoms with E-state index in [9.17, 15) is 14.9 Å². The van der Waals surface area contributed by atoms with Crippen LogP contribution in [0.5, 0.6) is 0 Å². The lowest BCUT2D eigenvalue weighted by atomic mass is 10.1. The number of carbonyl (C=O) groups is 1. The van der Waals surface area contributed by atoms with E-state index in [1.807, 2.05) is 0 Å². The van der Waals surface area contributed by atoms with Crippen LogP contribution >= 0.6 is 0 Å². The van der Waals surface area contributed by atoms with E-state index in [0.29, 0.717) is 11.1 Å². The average molecular weight is 235 g/mol. The van der Waals surface area contributed by atoms with E-state index >= 15 is 0 Å². The molecule has 17 heavy (non-hydrogen) atoms. The van der Waals surface area contributed by atoms with Crippen molar-refractivity contribution >= 4 is 11.6 Å². The minimum Gasteiger partial charge on any atom is -0.348 e. The van der Waals surface area contributed by atoms with Gasteiger partial charge < -0.3 is 11.1 Å². The molecule has 0 bridgehead atoms. The van der Waals surface area contributed by atoms with Gasteiger partial charge >= 0.3 is 0 Å². The van der Waals surface area contributed by atoms with Crippen molar-refractivity contribution in [1.29, 1.82) is 0 Å². The number of rotatable bonds is 3. The molecule has 1 aliphatic rings. The molecule has 0 spiro atoms. The quantitative estimate of drug-likeness (QED) is 0.596. The van der Waals surface area contributed by atoms with Gasteiger partial charge in [0.05, 0.1) is 4.92 Å². The lowest BCUT2D eigenvalue weighted by Gasteiger charge is -2.04.